The molecule has 4 rings (SSSR count). The van der Waals surface area contributed by atoms with E-state index in [2.05, 4.69) is 16.3 Å². The maximum atomic E-state index is 9.53. The molecule has 0 spiro atoms. The van der Waals surface area contributed by atoms with Gasteiger partial charge in [-0.05, 0) is 55.8 Å². The first kappa shape index (κ1) is 24.1. The summed E-state index contributed by atoms with van der Waals surface area (Å²) in [6.45, 7) is 5.01. The van der Waals surface area contributed by atoms with Gasteiger partial charge in [0, 0.05) is 35.2 Å². The van der Waals surface area contributed by atoms with Gasteiger partial charge in [0.2, 0.25) is 0 Å². The molecular formula is C26H28N6O3. The molecule has 1 aromatic heterocycles. The highest BCUT2D eigenvalue weighted by Gasteiger charge is 2.19. The van der Waals surface area contributed by atoms with E-state index in [1.165, 1.54) is 0 Å². The van der Waals surface area contributed by atoms with Gasteiger partial charge in [0.25, 0.3) is 0 Å². The highest BCUT2D eigenvalue weighted by Crippen LogP contribution is 2.29. The van der Waals surface area contributed by atoms with Crippen molar-refractivity contribution < 1.29 is 14.2 Å². The van der Waals surface area contributed by atoms with Crippen LogP contribution in [0.1, 0.15) is 52.6 Å². The number of rotatable bonds is 7. The Kier molecular flexibility index (Phi) is 7.25. The molecule has 0 aliphatic carbocycles. The molecular weight excluding hydrogens is 444 g/mol. The third-order valence-electron chi connectivity index (χ3n) is 5.91. The van der Waals surface area contributed by atoms with Crippen LogP contribution in [0.4, 0.5) is 5.69 Å². The molecule has 9 heteroatoms. The summed E-state index contributed by atoms with van der Waals surface area (Å²) in [5, 5.41) is 26.4. The Morgan fingerprint density at radius 3 is 2.66 bits per heavy atom. The van der Waals surface area contributed by atoms with E-state index in [4.69, 9.17) is 31.1 Å². The maximum Gasteiger partial charge on any atom is 0.176 e. The van der Waals surface area contributed by atoms with Crippen molar-refractivity contribution in [3.63, 3.8) is 0 Å². The molecule has 0 amide bonds. The molecule has 3 aromatic rings. The number of nitrogens with one attached hydrogen (secondary N) is 1. The Balaban J connectivity index is 1.60. The van der Waals surface area contributed by atoms with E-state index in [-0.39, 0.29) is 11.8 Å². The highest BCUT2D eigenvalue weighted by atomic mass is 16.5. The number of hydrogen-bond donors (Lipinski definition) is 3. The molecule has 5 N–H and O–H groups in total. The Labute approximate surface area is 204 Å². The van der Waals surface area contributed by atoms with Gasteiger partial charge in [-0.1, -0.05) is 0 Å². The molecule has 0 bridgehead atoms. The summed E-state index contributed by atoms with van der Waals surface area (Å²) in [5.41, 5.74) is 16.8. The van der Waals surface area contributed by atoms with Crippen LogP contribution in [-0.2, 0) is 4.74 Å². The maximum absolute atomic E-state index is 9.53. The normalized spacial score (nSPS) is 14.7. The summed E-state index contributed by atoms with van der Waals surface area (Å²) < 4.78 is 17.5. The molecule has 0 saturated carbocycles. The molecule has 2 aromatic carbocycles. The molecule has 1 saturated heterocycles. The van der Waals surface area contributed by atoms with Crippen LogP contribution in [0.5, 0.6) is 11.5 Å². The van der Waals surface area contributed by atoms with Gasteiger partial charge in [-0.15, -0.1) is 0 Å². The van der Waals surface area contributed by atoms with Crippen molar-refractivity contribution in [2.45, 2.75) is 39.0 Å². The number of hydrogen-bond acceptors (Lipinski definition) is 9. The zero-order chi connectivity index (χ0) is 24.9. The van der Waals surface area contributed by atoms with Crippen molar-refractivity contribution in [2.24, 2.45) is 5.73 Å². The largest absolute Gasteiger partial charge is 0.490 e. The highest BCUT2D eigenvalue weighted by molar-refractivity contribution is 6.14. The number of nitriles is 1. The molecule has 1 atom stereocenters. The number of aromatic nitrogens is 2. The van der Waals surface area contributed by atoms with Crippen molar-refractivity contribution in [1.29, 1.82) is 10.7 Å². The molecule has 180 valence electrons. The van der Waals surface area contributed by atoms with Crippen LogP contribution in [-0.4, -0.2) is 35.2 Å². The number of anilines is 1. The summed E-state index contributed by atoms with van der Waals surface area (Å²) in [4.78, 5) is 0. The fourth-order valence-corrected chi connectivity index (χ4v) is 4.09. The molecule has 0 unspecified atom stereocenters. The van der Waals surface area contributed by atoms with Crippen LogP contribution in [0.25, 0.3) is 0 Å². The van der Waals surface area contributed by atoms with Gasteiger partial charge in [0.05, 0.1) is 42.4 Å². The van der Waals surface area contributed by atoms with E-state index >= 15 is 0 Å². The predicted molar refractivity (Wildman–Crippen MR) is 131 cm³/mol. The SMILES string of the molecule is Cc1cnnc(C)c1[C@@H](N)Oc1ccc(N)c(C(=N)c2cc(C#N)cc(OC3CCOCC3)c2)c1. The van der Waals surface area contributed by atoms with Crippen LogP contribution >= 0.6 is 0 Å². The topological polar surface area (TPSA) is 153 Å². The first-order valence-corrected chi connectivity index (χ1v) is 11.3. The van der Waals surface area contributed by atoms with E-state index < -0.39 is 6.23 Å². The minimum Gasteiger partial charge on any atom is -0.490 e. The lowest BCUT2D eigenvalue weighted by Gasteiger charge is -2.23. The Morgan fingerprint density at radius 1 is 1.17 bits per heavy atom. The van der Waals surface area contributed by atoms with Gasteiger partial charge >= 0.3 is 0 Å². The molecule has 35 heavy (non-hydrogen) atoms. The van der Waals surface area contributed by atoms with Crippen LogP contribution < -0.4 is 20.9 Å². The monoisotopic (exact) mass is 472 g/mol. The summed E-state index contributed by atoms with van der Waals surface area (Å²) in [5.74, 6) is 0.997. The summed E-state index contributed by atoms with van der Waals surface area (Å²) in [6.07, 6.45) is 2.44. The van der Waals surface area contributed by atoms with Crippen molar-refractivity contribution in [2.75, 3.05) is 18.9 Å². The minimum atomic E-state index is -0.766. The Hall–Kier alpha value is -4.00. The van der Waals surface area contributed by atoms with Crippen LogP contribution in [0.15, 0.2) is 42.6 Å². The van der Waals surface area contributed by atoms with Crippen LogP contribution in [0.3, 0.4) is 0 Å². The molecule has 9 nitrogen and oxygen atoms in total. The molecule has 1 aliphatic rings. The lowest BCUT2D eigenvalue weighted by molar-refractivity contribution is 0.0255. The van der Waals surface area contributed by atoms with Gasteiger partial charge in [-0.25, -0.2) is 0 Å². The number of nitrogen functional groups attached to an aromatic ring is 1. The average Bonchev–Trinajstić information content (AvgIpc) is 2.85. The fraction of sp³-hybridized carbons (Fsp3) is 0.308. The van der Waals surface area contributed by atoms with Gasteiger partial charge in [0.1, 0.15) is 17.6 Å². The smallest absolute Gasteiger partial charge is 0.176 e. The third-order valence-corrected chi connectivity index (χ3v) is 5.91. The second kappa shape index (κ2) is 10.5. The van der Waals surface area contributed by atoms with Gasteiger partial charge < -0.3 is 19.9 Å². The second-order valence-corrected chi connectivity index (χ2v) is 8.48. The number of benzene rings is 2. The zero-order valence-corrected chi connectivity index (χ0v) is 19.7. The summed E-state index contributed by atoms with van der Waals surface area (Å²) >= 11 is 0. The van der Waals surface area contributed by atoms with Gasteiger partial charge in [0.15, 0.2) is 6.23 Å². The number of aryl methyl sites for hydroxylation is 2. The van der Waals surface area contributed by atoms with E-state index in [0.717, 1.165) is 24.0 Å². The fourth-order valence-electron chi connectivity index (χ4n) is 4.09. The number of nitrogens with zero attached hydrogens (tertiary/aromatic N) is 3. The van der Waals surface area contributed by atoms with E-state index in [0.29, 0.717) is 52.8 Å². The molecule has 2 heterocycles. The summed E-state index contributed by atoms with van der Waals surface area (Å²) in [6, 6.07) is 12.3. The van der Waals surface area contributed by atoms with Crippen LogP contribution in [0.2, 0.25) is 0 Å². The van der Waals surface area contributed by atoms with E-state index in [9.17, 15) is 5.26 Å². The van der Waals surface area contributed by atoms with Gasteiger partial charge in [-0.2, -0.15) is 15.5 Å². The van der Waals surface area contributed by atoms with Crippen molar-refractivity contribution >= 4 is 11.4 Å². The Bertz CT molecular complexity index is 1260. The lowest BCUT2D eigenvalue weighted by Crippen LogP contribution is -2.26. The third kappa shape index (κ3) is 5.57. The van der Waals surface area contributed by atoms with E-state index in [1.54, 1.807) is 42.6 Å². The average molecular weight is 473 g/mol. The minimum absolute atomic E-state index is 0.0117. The van der Waals surface area contributed by atoms with Crippen LogP contribution in [0, 0.1) is 30.6 Å². The molecule has 1 fully saturated rings. The quantitative estimate of drug-likeness (QED) is 0.268. The number of ether oxygens (including phenoxy) is 3. The van der Waals surface area contributed by atoms with Crippen molar-refractivity contribution in [3.8, 4) is 17.6 Å². The van der Waals surface area contributed by atoms with Crippen molar-refractivity contribution in [3.05, 3.63) is 76.1 Å². The summed E-state index contributed by atoms with van der Waals surface area (Å²) in [7, 11) is 0. The second-order valence-electron chi connectivity index (χ2n) is 8.48. The first-order valence-electron chi connectivity index (χ1n) is 11.3. The van der Waals surface area contributed by atoms with Crippen molar-refractivity contribution in [1.82, 2.24) is 10.2 Å². The van der Waals surface area contributed by atoms with E-state index in [1.807, 2.05) is 13.8 Å². The first-order chi connectivity index (χ1) is 16.9. The Morgan fingerprint density at radius 2 is 1.94 bits per heavy atom. The van der Waals surface area contributed by atoms with Gasteiger partial charge in [-0.3, -0.25) is 11.1 Å². The lowest BCUT2D eigenvalue weighted by atomic mass is 9.98. The zero-order valence-electron chi connectivity index (χ0n) is 19.7. The molecule has 0 radical (unpaired) electrons. The predicted octanol–water partition coefficient (Wildman–Crippen LogP) is 3.56. The molecule has 1 aliphatic heterocycles. The standard InChI is InChI=1S/C26H28N6O3/c1-15-14-31-32-16(2)24(15)26(30)35-20-3-4-23(28)22(12-20)25(29)18-9-17(13-27)10-21(11-18)34-19-5-7-33-8-6-19/h3-4,9-12,14,19,26,29H,5-8,28,30H2,1-2H3/t26-/m0/s1. The number of nitrogens with two attached hydrogens (primary N) is 2.